The number of anilines is 1. The number of fused-ring (bicyclic) bond motifs is 8. The van der Waals surface area contributed by atoms with E-state index in [1.807, 2.05) is 31.0 Å². The first-order chi connectivity index (χ1) is 28.9. The van der Waals surface area contributed by atoms with E-state index in [0.717, 1.165) is 71.5 Å². The Bertz CT molecular complexity index is 2290. The molecule has 12 heteroatoms. The van der Waals surface area contributed by atoms with Gasteiger partial charge in [-0.25, -0.2) is 4.79 Å². The molecule has 2 unspecified atom stereocenters. The lowest BCUT2D eigenvalue weighted by atomic mass is 9.47. The number of hydrogen-bond donors (Lipinski definition) is 2. The molecular formula is C48H60N4O8. The number of rotatable bonds is 6. The fourth-order valence-electron chi connectivity index (χ4n) is 14.7. The molecule has 2 aromatic carbocycles. The minimum Gasteiger partial charge on any atom is -0.496 e. The highest BCUT2D eigenvalue weighted by molar-refractivity contribution is 5.95. The third-order valence-electron chi connectivity index (χ3n) is 16.8. The Morgan fingerprint density at radius 1 is 0.950 bits per heavy atom. The number of aromatic amines is 1. The van der Waals surface area contributed by atoms with Gasteiger partial charge in [-0.05, 0) is 86.1 Å². The molecule has 3 aromatic rings. The van der Waals surface area contributed by atoms with Crippen molar-refractivity contribution < 1.29 is 38.4 Å². The van der Waals surface area contributed by atoms with Gasteiger partial charge in [0.25, 0.3) is 0 Å². The number of piperidine rings is 1. The molecule has 12 nitrogen and oxygen atoms in total. The lowest BCUT2D eigenvalue weighted by molar-refractivity contribution is -0.228. The fourth-order valence-corrected chi connectivity index (χ4v) is 14.7. The molecule has 2 saturated heterocycles. The Hall–Kier alpha value is -4.39. The largest absolute Gasteiger partial charge is 0.496 e. The number of ether oxygens (including phenoxy) is 4. The van der Waals surface area contributed by atoms with Crippen molar-refractivity contribution in [1.29, 1.82) is 0 Å². The van der Waals surface area contributed by atoms with Gasteiger partial charge in [0.1, 0.15) is 11.2 Å². The quantitative estimate of drug-likeness (QED) is 0.192. The van der Waals surface area contributed by atoms with Gasteiger partial charge in [-0.15, -0.1) is 0 Å². The van der Waals surface area contributed by atoms with Crippen molar-refractivity contribution in [2.24, 2.45) is 23.2 Å². The molecule has 0 amide bonds. The molecule has 10 rings (SSSR count). The summed E-state index contributed by atoms with van der Waals surface area (Å²) in [5, 5.41) is 14.5. The molecule has 1 aromatic heterocycles. The summed E-state index contributed by atoms with van der Waals surface area (Å²) >= 11 is 0. The van der Waals surface area contributed by atoms with Gasteiger partial charge in [-0.3, -0.25) is 14.5 Å². The number of para-hydroxylation sites is 1. The maximum Gasteiger partial charge on any atom is 0.344 e. The van der Waals surface area contributed by atoms with Crippen molar-refractivity contribution in [1.82, 2.24) is 14.8 Å². The minimum absolute atomic E-state index is 0.217. The number of aliphatic hydroxyl groups is 1. The second-order valence-corrected chi connectivity index (χ2v) is 19.0. The number of aromatic nitrogens is 1. The summed E-state index contributed by atoms with van der Waals surface area (Å²) in [5.41, 5.74) is 0.0512. The summed E-state index contributed by atoms with van der Waals surface area (Å²) in [4.78, 5) is 53.9. The van der Waals surface area contributed by atoms with E-state index >= 15 is 4.79 Å². The first-order valence-electron chi connectivity index (χ1n) is 22.2. The molecule has 2 N–H and O–H groups in total. The Kier molecular flexibility index (Phi) is 9.32. The van der Waals surface area contributed by atoms with Crippen molar-refractivity contribution >= 4 is 34.5 Å². The molecule has 7 aliphatic rings. The van der Waals surface area contributed by atoms with Crippen LogP contribution in [-0.4, -0.2) is 123 Å². The lowest BCUT2D eigenvalue weighted by Gasteiger charge is -2.63. The highest BCUT2D eigenvalue weighted by Gasteiger charge is 2.80. The zero-order valence-corrected chi connectivity index (χ0v) is 35.9. The van der Waals surface area contributed by atoms with E-state index in [1.165, 1.54) is 40.4 Å². The van der Waals surface area contributed by atoms with E-state index in [9.17, 15) is 14.7 Å². The molecular weight excluding hydrogens is 761 g/mol. The SMILES string of the molecule is CC[C@]12C=CCN3CC[C@@]4(c5cc([C@@]6(C(=O)OC)C[C@@H]7CN(CCc8c6[nH]c6ccccc86)C[C@H]6CCCCC67)c(OC)cc5N(C)[C@H]4[C@@](O)(C(=O)OC)[C@@H]1OC(C)=O)[C@@H]32. The van der Waals surface area contributed by atoms with Crippen LogP contribution < -0.4 is 9.64 Å². The van der Waals surface area contributed by atoms with Gasteiger partial charge in [-0.2, -0.15) is 0 Å². The monoisotopic (exact) mass is 820 g/mol. The Labute approximate surface area is 352 Å². The predicted molar refractivity (Wildman–Crippen MR) is 226 cm³/mol. The van der Waals surface area contributed by atoms with Crippen LogP contribution in [0.5, 0.6) is 5.75 Å². The molecule has 6 heterocycles. The van der Waals surface area contributed by atoms with Crippen LogP contribution in [0.2, 0.25) is 0 Å². The van der Waals surface area contributed by atoms with Crippen LogP contribution in [-0.2, 0) is 45.8 Å². The van der Waals surface area contributed by atoms with Crippen LogP contribution in [0.1, 0.15) is 81.2 Å². The van der Waals surface area contributed by atoms with Gasteiger partial charge in [0.2, 0.25) is 5.60 Å². The minimum atomic E-state index is -2.27. The summed E-state index contributed by atoms with van der Waals surface area (Å²) in [6.45, 7) is 7.65. The van der Waals surface area contributed by atoms with E-state index in [0.29, 0.717) is 49.9 Å². The van der Waals surface area contributed by atoms with E-state index in [1.54, 1.807) is 7.11 Å². The molecule has 0 radical (unpaired) electrons. The van der Waals surface area contributed by atoms with Crippen LogP contribution >= 0.6 is 0 Å². The Balaban J connectivity index is 1.28. The van der Waals surface area contributed by atoms with Gasteiger partial charge >= 0.3 is 17.9 Å². The Morgan fingerprint density at radius 3 is 2.47 bits per heavy atom. The van der Waals surface area contributed by atoms with Crippen LogP contribution in [0.25, 0.3) is 10.9 Å². The third-order valence-corrected chi connectivity index (χ3v) is 16.8. The number of likely N-dealkylation sites (N-methyl/N-ethyl adjacent to an activating group) is 1. The normalized spacial score (nSPS) is 37.6. The fraction of sp³-hybridized carbons (Fsp3) is 0.604. The number of benzene rings is 2. The Morgan fingerprint density at radius 2 is 1.72 bits per heavy atom. The zero-order valence-electron chi connectivity index (χ0n) is 35.9. The maximum atomic E-state index is 15.5. The van der Waals surface area contributed by atoms with E-state index in [2.05, 4.69) is 51.2 Å². The summed E-state index contributed by atoms with van der Waals surface area (Å²) in [6, 6.07) is 11.4. The van der Waals surface area contributed by atoms with Crippen molar-refractivity contribution in [3.63, 3.8) is 0 Å². The average Bonchev–Trinajstić information content (AvgIpc) is 3.92. The first kappa shape index (κ1) is 39.7. The molecule has 4 fully saturated rings. The summed E-state index contributed by atoms with van der Waals surface area (Å²) in [6.07, 6.45) is 10.1. The number of H-pyrrole nitrogens is 1. The summed E-state index contributed by atoms with van der Waals surface area (Å²) in [5.74, 6) is 0.0532. The van der Waals surface area contributed by atoms with Crippen molar-refractivity contribution in [2.75, 3.05) is 66.0 Å². The smallest absolute Gasteiger partial charge is 0.344 e. The van der Waals surface area contributed by atoms with Gasteiger partial charge < -0.3 is 38.8 Å². The number of nitrogens with zero attached hydrogens (tertiary/aromatic N) is 3. The maximum absolute atomic E-state index is 15.5. The molecule has 2 saturated carbocycles. The average molecular weight is 821 g/mol. The lowest BCUT2D eigenvalue weighted by Crippen LogP contribution is -2.81. The summed E-state index contributed by atoms with van der Waals surface area (Å²) in [7, 11) is 6.34. The van der Waals surface area contributed by atoms with Gasteiger partial charge in [0.05, 0.1) is 27.4 Å². The molecule has 11 atom stereocenters. The number of carbonyl (C=O) groups is 3. The van der Waals surface area contributed by atoms with Crippen LogP contribution in [0, 0.1) is 23.2 Å². The third kappa shape index (κ3) is 5.04. The first-order valence-corrected chi connectivity index (χ1v) is 22.2. The second kappa shape index (κ2) is 14.1. The standard InChI is InChI=1S/C48H60N4O8/c1-7-45-18-12-20-52-22-19-46(40(45)52)34-23-35(38(57-4)24-37(34)50(3)41(46)48(56,44(55)59-6)42(45)60-28(2)53)47(43(54)58-5)25-30-27-51(26-29-13-8-9-14-31(29)30)21-17-33-32-15-10-11-16-36(32)49-39(33)47/h10-12,15-16,18,23-24,29-31,40-42,49,56H,7-9,13-14,17,19-22,25-27H2,1-6H3/t29-,30-,31?,40+,41-,42-,45-,46-,47+,48+/m1/s1. The highest BCUT2D eigenvalue weighted by Crippen LogP contribution is 2.68. The van der Waals surface area contributed by atoms with Crippen molar-refractivity contribution in [3.8, 4) is 5.75 Å². The number of methoxy groups -OCH3 is 3. The van der Waals surface area contributed by atoms with Crippen molar-refractivity contribution in [2.45, 2.75) is 99.8 Å². The topological polar surface area (TPSA) is 134 Å². The van der Waals surface area contributed by atoms with Gasteiger partial charge in [0, 0.05) is 90.9 Å². The van der Waals surface area contributed by atoms with Gasteiger partial charge in [-0.1, -0.05) is 50.1 Å². The second-order valence-electron chi connectivity index (χ2n) is 19.0. The predicted octanol–water partition coefficient (Wildman–Crippen LogP) is 5.27. The number of carbonyl (C=O) groups excluding carboxylic acids is 3. The van der Waals surface area contributed by atoms with Crippen LogP contribution in [0.3, 0.4) is 0 Å². The molecule has 5 aliphatic heterocycles. The van der Waals surface area contributed by atoms with E-state index in [-0.39, 0.29) is 17.9 Å². The number of hydrogen-bond acceptors (Lipinski definition) is 11. The van der Waals surface area contributed by atoms with Crippen LogP contribution in [0.15, 0.2) is 48.6 Å². The van der Waals surface area contributed by atoms with Gasteiger partial charge in [0.15, 0.2) is 6.10 Å². The molecule has 1 spiro atoms. The molecule has 2 aliphatic carbocycles. The summed E-state index contributed by atoms with van der Waals surface area (Å²) < 4.78 is 24.2. The molecule has 320 valence electrons. The van der Waals surface area contributed by atoms with Crippen LogP contribution in [0.4, 0.5) is 5.69 Å². The molecule has 60 heavy (non-hydrogen) atoms. The number of esters is 3. The van der Waals surface area contributed by atoms with E-state index < -0.39 is 45.9 Å². The van der Waals surface area contributed by atoms with E-state index in [4.69, 9.17) is 18.9 Å². The zero-order chi connectivity index (χ0) is 41.9. The number of nitrogens with one attached hydrogen (secondary N) is 1. The molecule has 2 bridgehead atoms. The van der Waals surface area contributed by atoms with Crippen molar-refractivity contribution in [3.05, 3.63) is 70.9 Å². The highest BCUT2D eigenvalue weighted by atomic mass is 16.6.